The molecule has 0 radical (unpaired) electrons. The summed E-state index contributed by atoms with van der Waals surface area (Å²) in [5, 5.41) is 9.33. The average molecular weight is 270 g/mol. The van der Waals surface area contributed by atoms with Gasteiger partial charge < -0.3 is 9.84 Å². The molecule has 0 aromatic heterocycles. The third kappa shape index (κ3) is 5.06. The number of aryl methyl sites for hydroxylation is 1. The van der Waals surface area contributed by atoms with Crippen LogP contribution in [0.15, 0.2) is 54.6 Å². The SMILES string of the molecule is CC(O)Cc1ccc(OCCCc2ccccc2)cc1. The Hall–Kier alpha value is -1.80. The van der Waals surface area contributed by atoms with Gasteiger partial charge in [-0.3, -0.25) is 0 Å². The van der Waals surface area contributed by atoms with Gasteiger partial charge in [0.05, 0.1) is 12.7 Å². The van der Waals surface area contributed by atoms with Crippen molar-refractivity contribution in [3.8, 4) is 5.75 Å². The first-order valence-corrected chi connectivity index (χ1v) is 7.18. The molecule has 2 aromatic rings. The Bertz CT molecular complexity index is 489. The van der Waals surface area contributed by atoms with E-state index in [0.29, 0.717) is 6.42 Å². The van der Waals surface area contributed by atoms with Gasteiger partial charge in [-0.1, -0.05) is 42.5 Å². The number of rotatable bonds is 7. The second-order valence-corrected chi connectivity index (χ2v) is 5.13. The van der Waals surface area contributed by atoms with Gasteiger partial charge in [-0.25, -0.2) is 0 Å². The maximum absolute atomic E-state index is 9.33. The molecule has 2 aromatic carbocycles. The average Bonchev–Trinajstić information content (AvgIpc) is 2.46. The van der Waals surface area contributed by atoms with E-state index >= 15 is 0 Å². The summed E-state index contributed by atoms with van der Waals surface area (Å²) in [5.41, 5.74) is 2.49. The minimum atomic E-state index is -0.298. The predicted molar refractivity (Wildman–Crippen MR) is 82.1 cm³/mol. The lowest BCUT2D eigenvalue weighted by molar-refractivity contribution is 0.195. The van der Waals surface area contributed by atoms with Gasteiger partial charge in [0.2, 0.25) is 0 Å². The van der Waals surface area contributed by atoms with E-state index in [-0.39, 0.29) is 6.10 Å². The van der Waals surface area contributed by atoms with Gasteiger partial charge >= 0.3 is 0 Å². The molecule has 0 spiro atoms. The topological polar surface area (TPSA) is 29.5 Å². The molecular weight excluding hydrogens is 248 g/mol. The first-order valence-electron chi connectivity index (χ1n) is 7.18. The fraction of sp³-hybridized carbons (Fsp3) is 0.333. The Labute approximate surface area is 121 Å². The highest BCUT2D eigenvalue weighted by molar-refractivity contribution is 5.27. The molecule has 0 aliphatic carbocycles. The lowest BCUT2D eigenvalue weighted by Gasteiger charge is -2.08. The quantitative estimate of drug-likeness (QED) is 0.779. The van der Waals surface area contributed by atoms with E-state index < -0.39 is 0 Å². The standard InChI is InChI=1S/C18H22O2/c1-15(19)14-17-9-11-18(12-10-17)20-13-5-8-16-6-3-2-4-7-16/h2-4,6-7,9-12,15,19H,5,8,13-14H2,1H3. The summed E-state index contributed by atoms with van der Waals surface area (Å²) in [6.45, 7) is 2.53. The summed E-state index contributed by atoms with van der Waals surface area (Å²) in [7, 11) is 0. The monoisotopic (exact) mass is 270 g/mol. The van der Waals surface area contributed by atoms with Crippen molar-refractivity contribution < 1.29 is 9.84 Å². The van der Waals surface area contributed by atoms with Crippen LogP contribution in [0.3, 0.4) is 0 Å². The highest BCUT2D eigenvalue weighted by atomic mass is 16.5. The second-order valence-electron chi connectivity index (χ2n) is 5.13. The van der Waals surface area contributed by atoms with Crippen molar-refractivity contribution >= 4 is 0 Å². The number of benzene rings is 2. The summed E-state index contributed by atoms with van der Waals surface area (Å²) >= 11 is 0. The van der Waals surface area contributed by atoms with Crippen LogP contribution in [-0.4, -0.2) is 17.8 Å². The second kappa shape index (κ2) is 7.71. The predicted octanol–water partition coefficient (Wildman–Crippen LogP) is 3.62. The molecule has 2 heteroatoms. The van der Waals surface area contributed by atoms with Crippen molar-refractivity contribution in [2.75, 3.05) is 6.61 Å². The normalized spacial score (nSPS) is 12.1. The van der Waals surface area contributed by atoms with Crippen molar-refractivity contribution in [3.63, 3.8) is 0 Å². The number of hydrogen-bond acceptors (Lipinski definition) is 2. The van der Waals surface area contributed by atoms with Gasteiger partial charge in [0.1, 0.15) is 5.75 Å². The van der Waals surface area contributed by atoms with Gasteiger partial charge in [0.15, 0.2) is 0 Å². The Balaban J connectivity index is 1.71. The van der Waals surface area contributed by atoms with E-state index in [9.17, 15) is 5.11 Å². The molecule has 20 heavy (non-hydrogen) atoms. The molecular formula is C18H22O2. The van der Waals surface area contributed by atoms with Crippen LogP contribution in [0.1, 0.15) is 24.5 Å². The fourth-order valence-electron chi connectivity index (χ4n) is 2.17. The Morgan fingerprint density at radius 3 is 2.30 bits per heavy atom. The zero-order valence-corrected chi connectivity index (χ0v) is 12.0. The molecule has 0 fully saturated rings. The lowest BCUT2D eigenvalue weighted by Crippen LogP contribution is -2.04. The van der Waals surface area contributed by atoms with Crippen LogP contribution in [0, 0.1) is 0 Å². The Kier molecular flexibility index (Phi) is 5.63. The molecule has 0 saturated carbocycles. The van der Waals surface area contributed by atoms with E-state index in [2.05, 4.69) is 24.3 Å². The van der Waals surface area contributed by atoms with Crippen LogP contribution in [-0.2, 0) is 12.8 Å². The first kappa shape index (κ1) is 14.6. The van der Waals surface area contributed by atoms with E-state index in [1.54, 1.807) is 6.92 Å². The number of aliphatic hydroxyl groups is 1. The van der Waals surface area contributed by atoms with Crippen LogP contribution in [0.4, 0.5) is 0 Å². The van der Waals surface area contributed by atoms with Crippen LogP contribution >= 0.6 is 0 Å². The van der Waals surface area contributed by atoms with E-state index in [1.165, 1.54) is 5.56 Å². The minimum Gasteiger partial charge on any atom is -0.494 e. The lowest BCUT2D eigenvalue weighted by atomic mass is 10.1. The molecule has 0 aliphatic rings. The van der Waals surface area contributed by atoms with Crippen molar-refractivity contribution in [1.29, 1.82) is 0 Å². The molecule has 1 N–H and O–H groups in total. The van der Waals surface area contributed by atoms with Crippen LogP contribution in [0.25, 0.3) is 0 Å². The summed E-state index contributed by atoms with van der Waals surface area (Å²) in [6, 6.07) is 18.4. The van der Waals surface area contributed by atoms with Crippen molar-refractivity contribution in [2.45, 2.75) is 32.3 Å². The Morgan fingerprint density at radius 2 is 1.65 bits per heavy atom. The molecule has 1 atom stereocenters. The maximum Gasteiger partial charge on any atom is 0.119 e. The summed E-state index contributed by atoms with van der Waals surface area (Å²) in [5.74, 6) is 0.896. The largest absolute Gasteiger partial charge is 0.494 e. The van der Waals surface area contributed by atoms with E-state index in [0.717, 1.165) is 30.8 Å². The van der Waals surface area contributed by atoms with E-state index in [1.807, 2.05) is 30.3 Å². The third-order valence-corrected chi connectivity index (χ3v) is 3.18. The molecule has 2 rings (SSSR count). The summed E-state index contributed by atoms with van der Waals surface area (Å²) in [4.78, 5) is 0. The van der Waals surface area contributed by atoms with Gasteiger partial charge in [-0.2, -0.15) is 0 Å². The smallest absolute Gasteiger partial charge is 0.119 e. The van der Waals surface area contributed by atoms with Crippen LogP contribution in [0.5, 0.6) is 5.75 Å². The van der Waals surface area contributed by atoms with Crippen LogP contribution in [0.2, 0.25) is 0 Å². The molecule has 0 amide bonds. The van der Waals surface area contributed by atoms with E-state index in [4.69, 9.17) is 4.74 Å². The molecule has 106 valence electrons. The fourth-order valence-corrected chi connectivity index (χ4v) is 2.17. The summed E-state index contributed by atoms with van der Waals surface area (Å²) in [6.07, 6.45) is 2.45. The van der Waals surface area contributed by atoms with Crippen molar-refractivity contribution in [1.82, 2.24) is 0 Å². The zero-order valence-electron chi connectivity index (χ0n) is 12.0. The highest BCUT2D eigenvalue weighted by Crippen LogP contribution is 2.14. The minimum absolute atomic E-state index is 0.298. The molecule has 0 saturated heterocycles. The molecule has 0 aliphatic heterocycles. The van der Waals surface area contributed by atoms with Gasteiger partial charge in [-0.15, -0.1) is 0 Å². The number of hydrogen-bond donors (Lipinski definition) is 1. The van der Waals surface area contributed by atoms with Gasteiger partial charge in [0, 0.05) is 0 Å². The highest BCUT2D eigenvalue weighted by Gasteiger charge is 2.00. The van der Waals surface area contributed by atoms with Crippen molar-refractivity contribution in [3.05, 3.63) is 65.7 Å². The first-order chi connectivity index (χ1) is 9.74. The number of aliphatic hydroxyl groups excluding tert-OH is 1. The number of ether oxygens (including phenoxy) is 1. The van der Waals surface area contributed by atoms with Crippen LogP contribution < -0.4 is 4.74 Å². The van der Waals surface area contributed by atoms with Gasteiger partial charge in [-0.05, 0) is 49.4 Å². The Morgan fingerprint density at radius 1 is 0.950 bits per heavy atom. The molecule has 0 heterocycles. The third-order valence-electron chi connectivity index (χ3n) is 3.18. The zero-order chi connectivity index (χ0) is 14.2. The van der Waals surface area contributed by atoms with Gasteiger partial charge in [0.25, 0.3) is 0 Å². The molecule has 2 nitrogen and oxygen atoms in total. The molecule has 1 unspecified atom stereocenters. The maximum atomic E-state index is 9.33. The molecule has 0 bridgehead atoms. The van der Waals surface area contributed by atoms with Crippen molar-refractivity contribution in [2.24, 2.45) is 0 Å². The summed E-state index contributed by atoms with van der Waals surface area (Å²) < 4.78 is 5.73.